The van der Waals surface area contributed by atoms with Gasteiger partial charge in [-0.05, 0) is 52.2 Å². The molecule has 2 rings (SSSR count). The zero-order valence-electron chi connectivity index (χ0n) is 12.1. The summed E-state index contributed by atoms with van der Waals surface area (Å²) in [4.78, 5) is 0. The van der Waals surface area contributed by atoms with Gasteiger partial charge in [0.15, 0.2) is 0 Å². The van der Waals surface area contributed by atoms with E-state index in [1.807, 2.05) is 25.1 Å². The molecule has 3 nitrogen and oxygen atoms in total. The molecule has 0 atom stereocenters. The van der Waals surface area contributed by atoms with E-state index < -0.39 is 0 Å². The number of benzene rings is 1. The average Bonchev–Trinajstić information content (AvgIpc) is 2.48. The van der Waals surface area contributed by atoms with Crippen molar-refractivity contribution >= 4 is 28.5 Å². The fraction of sp³-hybridized carbons (Fsp3) is 0.571. The van der Waals surface area contributed by atoms with Crippen LogP contribution in [0.15, 0.2) is 22.7 Å². The lowest BCUT2D eigenvalue weighted by Crippen LogP contribution is -2.41. The minimum atomic E-state index is -0.352. The summed E-state index contributed by atoms with van der Waals surface area (Å²) in [5.74, 6) is 0.842. The lowest BCUT2D eigenvalue weighted by molar-refractivity contribution is 0.00578. The summed E-state index contributed by atoms with van der Waals surface area (Å²) >= 11 is 3.56. The Morgan fingerprint density at radius 2 is 1.74 bits per heavy atom. The summed E-state index contributed by atoms with van der Waals surface area (Å²) in [6, 6.07) is 5.87. The molecular weight excluding hydrogens is 307 g/mol. The van der Waals surface area contributed by atoms with Crippen LogP contribution in [0.3, 0.4) is 0 Å². The summed E-state index contributed by atoms with van der Waals surface area (Å²) in [6.07, 6.45) is 0. The summed E-state index contributed by atoms with van der Waals surface area (Å²) in [5, 5.41) is 0. The Hall–Kier alpha value is -0.515. The van der Waals surface area contributed by atoms with Crippen molar-refractivity contribution in [1.82, 2.24) is 0 Å². The Bertz CT molecular complexity index is 458. The number of hydrogen-bond donors (Lipinski definition) is 0. The Morgan fingerprint density at radius 3 is 2.21 bits per heavy atom. The van der Waals surface area contributed by atoms with E-state index in [1.54, 1.807) is 0 Å². The molecule has 1 fully saturated rings. The van der Waals surface area contributed by atoms with Gasteiger partial charge >= 0.3 is 7.12 Å². The highest BCUT2D eigenvalue weighted by Gasteiger charge is 2.52. The van der Waals surface area contributed by atoms with Crippen molar-refractivity contribution in [3.8, 4) is 5.75 Å². The van der Waals surface area contributed by atoms with E-state index in [-0.39, 0.29) is 18.3 Å². The minimum absolute atomic E-state index is 0.324. The third-order valence-corrected chi connectivity index (χ3v) is 4.48. The molecule has 0 bridgehead atoms. The SMILES string of the molecule is CCOc1ccc(B2OC(C)(C)C(C)(C)O2)c(Br)c1. The molecule has 1 saturated heterocycles. The van der Waals surface area contributed by atoms with Crippen LogP contribution < -0.4 is 10.2 Å². The van der Waals surface area contributed by atoms with E-state index in [0.717, 1.165) is 15.7 Å². The molecule has 0 aromatic heterocycles. The maximum atomic E-state index is 6.04. The smallest absolute Gasteiger partial charge is 0.494 e. The van der Waals surface area contributed by atoms with Gasteiger partial charge in [-0.25, -0.2) is 0 Å². The zero-order valence-corrected chi connectivity index (χ0v) is 13.7. The van der Waals surface area contributed by atoms with Gasteiger partial charge in [-0.2, -0.15) is 0 Å². The first kappa shape index (κ1) is 14.9. The Kier molecular flexibility index (Phi) is 4.01. The van der Waals surface area contributed by atoms with Crippen molar-refractivity contribution in [3.63, 3.8) is 0 Å². The van der Waals surface area contributed by atoms with E-state index in [1.165, 1.54) is 0 Å². The van der Waals surface area contributed by atoms with E-state index in [4.69, 9.17) is 14.0 Å². The molecule has 0 N–H and O–H groups in total. The van der Waals surface area contributed by atoms with Gasteiger partial charge in [0.25, 0.3) is 0 Å². The van der Waals surface area contributed by atoms with Gasteiger partial charge in [0.2, 0.25) is 0 Å². The normalized spacial score (nSPS) is 20.6. The zero-order chi connectivity index (χ0) is 14.3. The van der Waals surface area contributed by atoms with Gasteiger partial charge in [0.05, 0.1) is 17.8 Å². The summed E-state index contributed by atoms with van der Waals surface area (Å²) in [7, 11) is -0.352. The molecule has 0 unspecified atom stereocenters. The molecule has 19 heavy (non-hydrogen) atoms. The molecule has 1 aromatic rings. The van der Waals surface area contributed by atoms with E-state index in [2.05, 4.69) is 43.6 Å². The topological polar surface area (TPSA) is 27.7 Å². The highest BCUT2D eigenvalue weighted by Crippen LogP contribution is 2.37. The predicted octanol–water partition coefficient (Wildman–Crippen LogP) is 3.15. The second kappa shape index (κ2) is 5.11. The molecule has 0 amide bonds. The number of ether oxygens (including phenoxy) is 1. The first-order valence-electron chi connectivity index (χ1n) is 6.55. The number of rotatable bonds is 3. The second-order valence-corrected chi connectivity index (χ2v) is 6.56. The highest BCUT2D eigenvalue weighted by molar-refractivity contribution is 9.10. The summed E-state index contributed by atoms with van der Waals surface area (Å²) in [5.41, 5.74) is 0.341. The van der Waals surface area contributed by atoms with Crippen molar-refractivity contribution in [2.24, 2.45) is 0 Å². The molecule has 5 heteroatoms. The van der Waals surface area contributed by atoms with E-state index >= 15 is 0 Å². The molecule has 1 aliphatic heterocycles. The largest absolute Gasteiger partial charge is 0.496 e. The fourth-order valence-electron chi connectivity index (χ4n) is 1.93. The standard InChI is InChI=1S/C14H20BBrO3/c1-6-17-10-7-8-11(12(16)9-10)15-18-13(2,3)14(4,5)19-15/h7-9H,6H2,1-5H3. The lowest BCUT2D eigenvalue weighted by Gasteiger charge is -2.32. The van der Waals surface area contributed by atoms with Gasteiger partial charge < -0.3 is 14.0 Å². The maximum absolute atomic E-state index is 6.04. The van der Waals surface area contributed by atoms with E-state index in [9.17, 15) is 0 Å². The third kappa shape index (κ3) is 2.83. The lowest BCUT2D eigenvalue weighted by atomic mass is 9.79. The Morgan fingerprint density at radius 1 is 1.16 bits per heavy atom. The van der Waals surface area contributed by atoms with Gasteiger partial charge in [-0.15, -0.1) is 0 Å². The monoisotopic (exact) mass is 326 g/mol. The molecule has 1 heterocycles. The average molecular weight is 327 g/mol. The van der Waals surface area contributed by atoms with Crippen molar-refractivity contribution < 1.29 is 14.0 Å². The molecule has 0 radical (unpaired) electrons. The minimum Gasteiger partial charge on any atom is -0.494 e. The quantitative estimate of drug-likeness (QED) is 0.799. The van der Waals surface area contributed by atoms with Gasteiger partial charge in [0.1, 0.15) is 5.75 Å². The van der Waals surface area contributed by atoms with E-state index in [0.29, 0.717) is 6.61 Å². The molecule has 1 aromatic carbocycles. The van der Waals surface area contributed by atoms with Crippen molar-refractivity contribution in [2.75, 3.05) is 6.61 Å². The van der Waals surface area contributed by atoms with Crippen LogP contribution in [0, 0.1) is 0 Å². The van der Waals surface area contributed by atoms with Crippen LogP contribution in [-0.4, -0.2) is 24.9 Å². The van der Waals surface area contributed by atoms with Crippen LogP contribution in [-0.2, 0) is 9.31 Å². The van der Waals surface area contributed by atoms with Crippen LogP contribution in [0.1, 0.15) is 34.6 Å². The molecule has 1 aliphatic rings. The first-order valence-corrected chi connectivity index (χ1v) is 7.34. The highest BCUT2D eigenvalue weighted by atomic mass is 79.9. The maximum Gasteiger partial charge on any atom is 0.496 e. The number of hydrogen-bond acceptors (Lipinski definition) is 3. The molecule has 0 saturated carbocycles. The van der Waals surface area contributed by atoms with Crippen molar-refractivity contribution in [3.05, 3.63) is 22.7 Å². The Labute approximate surface area is 123 Å². The van der Waals surface area contributed by atoms with Crippen LogP contribution in [0.4, 0.5) is 0 Å². The van der Waals surface area contributed by atoms with Crippen LogP contribution >= 0.6 is 15.9 Å². The van der Waals surface area contributed by atoms with Crippen molar-refractivity contribution in [2.45, 2.75) is 45.8 Å². The summed E-state index contributed by atoms with van der Waals surface area (Å²) in [6.45, 7) is 10.8. The van der Waals surface area contributed by atoms with Gasteiger partial charge in [-0.1, -0.05) is 22.0 Å². The predicted molar refractivity (Wildman–Crippen MR) is 81.0 cm³/mol. The second-order valence-electron chi connectivity index (χ2n) is 5.70. The third-order valence-electron chi connectivity index (χ3n) is 3.79. The molecule has 0 aliphatic carbocycles. The molecular formula is C14H20BBrO3. The molecule has 0 spiro atoms. The molecule has 104 valence electrons. The fourth-order valence-corrected chi connectivity index (χ4v) is 2.47. The van der Waals surface area contributed by atoms with Gasteiger partial charge in [-0.3, -0.25) is 0 Å². The van der Waals surface area contributed by atoms with Crippen LogP contribution in [0.2, 0.25) is 0 Å². The summed E-state index contributed by atoms with van der Waals surface area (Å²) < 4.78 is 18.5. The van der Waals surface area contributed by atoms with Crippen molar-refractivity contribution in [1.29, 1.82) is 0 Å². The number of halogens is 1. The van der Waals surface area contributed by atoms with Gasteiger partial charge in [0, 0.05) is 4.47 Å². The van der Waals surface area contributed by atoms with Crippen LogP contribution in [0.25, 0.3) is 0 Å². The van der Waals surface area contributed by atoms with Crippen LogP contribution in [0.5, 0.6) is 5.75 Å². The first-order chi connectivity index (χ1) is 8.77. The Balaban J connectivity index is 2.25.